The second-order valence-corrected chi connectivity index (χ2v) is 0.758. The zero-order chi connectivity index (χ0) is 3.58. The van der Waals surface area contributed by atoms with Crippen LogP contribution in [0.25, 0.3) is 0 Å². The fraction of sp³-hybridized carbons (Fsp3) is 0. The van der Waals surface area contributed by atoms with E-state index in [1.807, 2.05) is 0 Å². The normalized spacial score (nSPS) is 5.20. The summed E-state index contributed by atoms with van der Waals surface area (Å²) in [4.78, 5) is 14.2. The molecule has 0 amide bonds. The Labute approximate surface area is 60.0 Å². The van der Waals surface area contributed by atoms with E-state index in [0.29, 0.717) is 0 Å². The van der Waals surface area contributed by atoms with Crippen molar-refractivity contribution in [2.24, 2.45) is 0 Å². The first-order valence-corrected chi connectivity index (χ1v) is 1.75. The van der Waals surface area contributed by atoms with Crippen molar-refractivity contribution < 1.29 is 14.4 Å². The van der Waals surface area contributed by atoms with E-state index in [9.17, 15) is 0 Å². The molecule has 0 atom stereocenters. The van der Waals surface area contributed by atoms with Gasteiger partial charge in [0.05, 0.1) is 0 Å². The van der Waals surface area contributed by atoms with Crippen LogP contribution < -0.4 is 0 Å². The molecule has 0 aliphatic carbocycles. The van der Waals surface area contributed by atoms with Gasteiger partial charge in [0, 0.05) is 42.3 Å². The molecule has 0 saturated carbocycles. The SMILES string of the molecule is O=[P+](O)O.[Ca]. The summed E-state index contributed by atoms with van der Waals surface area (Å²) in [5.41, 5.74) is 0. The summed E-state index contributed by atoms with van der Waals surface area (Å²) in [7, 11) is -2.87. The minimum atomic E-state index is -2.87. The van der Waals surface area contributed by atoms with Gasteiger partial charge in [0.1, 0.15) is 0 Å². The van der Waals surface area contributed by atoms with Gasteiger partial charge in [-0.2, -0.15) is 0 Å². The van der Waals surface area contributed by atoms with E-state index in [0.717, 1.165) is 0 Å². The minimum Gasteiger partial charge on any atom is -0.134 e. The Morgan fingerprint density at radius 1 is 1.40 bits per heavy atom. The molecule has 5 heavy (non-hydrogen) atoms. The van der Waals surface area contributed by atoms with E-state index in [4.69, 9.17) is 14.4 Å². The van der Waals surface area contributed by atoms with Crippen molar-refractivity contribution in [2.45, 2.75) is 0 Å². The van der Waals surface area contributed by atoms with Crippen molar-refractivity contribution in [1.82, 2.24) is 0 Å². The molecule has 0 spiro atoms. The summed E-state index contributed by atoms with van der Waals surface area (Å²) < 4.78 is 8.70. The molecule has 0 aromatic heterocycles. The summed E-state index contributed by atoms with van der Waals surface area (Å²) in [6.45, 7) is 0. The maximum atomic E-state index is 8.70. The van der Waals surface area contributed by atoms with E-state index in [1.54, 1.807) is 0 Å². The molecule has 0 aromatic carbocycles. The monoisotopic (exact) mass is 121 g/mol. The van der Waals surface area contributed by atoms with Crippen LogP contribution in [0.4, 0.5) is 0 Å². The van der Waals surface area contributed by atoms with Crippen LogP contribution >= 0.6 is 8.25 Å². The van der Waals surface area contributed by atoms with Crippen LogP contribution in [0.3, 0.4) is 0 Å². The predicted octanol–water partition coefficient (Wildman–Crippen LogP) is -0.752. The largest absolute Gasteiger partial charge is 0.692 e. The molecular formula is H2CaO3P+. The Bertz CT molecular complexity index is 29.9. The maximum Gasteiger partial charge on any atom is 0.692 e. The molecule has 0 fully saturated rings. The smallest absolute Gasteiger partial charge is 0.134 e. The van der Waals surface area contributed by atoms with Crippen molar-refractivity contribution in [2.75, 3.05) is 0 Å². The van der Waals surface area contributed by atoms with Gasteiger partial charge in [0.2, 0.25) is 0 Å². The topological polar surface area (TPSA) is 57.5 Å². The van der Waals surface area contributed by atoms with E-state index in [2.05, 4.69) is 0 Å². The summed E-state index contributed by atoms with van der Waals surface area (Å²) in [6.07, 6.45) is 0. The molecule has 0 unspecified atom stereocenters. The van der Waals surface area contributed by atoms with Crippen LogP contribution in [0.2, 0.25) is 0 Å². The van der Waals surface area contributed by atoms with Crippen molar-refractivity contribution >= 4 is 46.0 Å². The molecule has 2 radical (unpaired) electrons. The second kappa shape index (κ2) is 5.28. The standard InChI is InChI=1S/Ca.HO3P/c;1-4(2)3/h;(H-,1,2,3)/p+1. The van der Waals surface area contributed by atoms with Crippen molar-refractivity contribution in [3.05, 3.63) is 0 Å². The van der Waals surface area contributed by atoms with Gasteiger partial charge in [-0.3, -0.25) is 0 Å². The number of hydrogen-bond donors (Lipinski definition) is 2. The summed E-state index contributed by atoms with van der Waals surface area (Å²) in [5, 5.41) is 0. The first kappa shape index (κ1) is 9.56. The summed E-state index contributed by atoms with van der Waals surface area (Å²) in [6, 6.07) is 0. The van der Waals surface area contributed by atoms with Crippen LogP contribution in [-0.4, -0.2) is 47.5 Å². The first-order chi connectivity index (χ1) is 1.73. The third kappa shape index (κ3) is 34.7. The predicted molar refractivity (Wildman–Crippen MR) is 17.8 cm³/mol. The molecule has 5 heteroatoms. The molecule has 0 aliphatic heterocycles. The quantitative estimate of drug-likeness (QED) is 0.327. The Kier molecular flexibility index (Phi) is 10.1. The van der Waals surface area contributed by atoms with Crippen LogP contribution in [0.15, 0.2) is 0 Å². The maximum absolute atomic E-state index is 8.70. The van der Waals surface area contributed by atoms with Crippen LogP contribution in [-0.2, 0) is 4.57 Å². The molecule has 3 nitrogen and oxygen atoms in total. The molecule has 0 aliphatic rings. The Morgan fingerprint density at radius 3 is 1.40 bits per heavy atom. The summed E-state index contributed by atoms with van der Waals surface area (Å²) in [5.74, 6) is 0. The van der Waals surface area contributed by atoms with Gasteiger partial charge in [0.15, 0.2) is 0 Å². The minimum absolute atomic E-state index is 0. The van der Waals surface area contributed by atoms with E-state index in [-0.39, 0.29) is 37.7 Å². The Balaban J connectivity index is 0. The Morgan fingerprint density at radius 2 is 1.40 bits per heavy atom. The van der Waals surface area contributed by atoms with E-state index in [1.165, 1.54) is 0 Å². The fourth-order valence-corrected chi connectivity index (χ4v) is 0. The third-order valence-electron chi connectivity index (χ3n) is 0. The number of hydrogen-bond acceptors (Lipinski definition) is 1. The van der Waals surface area contributed by atoms with Crippen molar-refractivity contribution in [3.8, 4) is 0 Å². The third-order valence-corrected chi connectivity index (χ3v) is 0. The van der Waals surface area contributed by atoms with Crippen molar-refractivity contribution in [1.29, 1.82) is 0 Å². The van der Waals surface area contributed by atoms with Gasteiger partial charge in [0.25, 0.3) is 0 Å². The first-order valence-electron chi connectivity index (χ1n) is 0.583. The average Bonchev–Trinajstić information content (AvgIpc) is 0.811. The second-order valence-electron chi connectivity index (χ2n) is 0.253. The van der Waals surface area contributed by atoms with Crippen molar-refractivity contribution in [3.63, 3.8) is 0 Å². The molecule has 0 aromatic rings. The van der Waals surface area contributed by atoms with Gasteiger partial charge < -0.3 is 0 Å². The molecule has 0 rings (SSSR count). The molecule has 26 valence electrons. The van der Waals surface area contributed by atoms with Gasteiger partial charge in [-0.1, -0.05) is 0 Å². The molecule has 2 N–H and O–H groups in total. The number of rotatable bonds is 0. The van der Waals surface area contributed by atoms with Crippen LogP contribution in [0.1, 0.15) is 0 Å². The molecular weight excluding hydrogens is 119 g/mol. The van der Waals surface area contributed by atoms with E-state index >= 15 is 0 Å². The van der Waals surface area contributed by atoms with E-state index < -0.39 is 8.25 Å². The fourth-order valence-electron chi connectivity index (χ4n) is 0. The van der Waals surface area contributed by atoms with Gasteiger partial charge in [-0.25, -0.2) is 0 Å². The summed E-state index contributed by atoms with van der Waals surface area (Å²) >= 11 is 0. The van der Waals surface area contributed by atoms with Crippen LogP contribution in [0.5, 0.6) is 0 Å². The Hall–Kier alpha value is 1.28. The van der Waals surface area contributed by atoms with Gasteiger partial charge in [-0.05, 0) is 0 Å². The molecule has 0 saturated heterocycles. The molecule has 0 heterocycles. The van der Waals surface area contributed by atoms with Gasteiger partial charge in [-0.15, -0.1) is 9.79 Å². The average molecular weight is 121 g/mol. The molecule has 0 bridgehead atoms. The zero-order valence-electron chi connectivity index (χ0n) is 2.46. The zero-order valence-corrected chi connectivity index (χ0v) is 5.56. The van der Waals surface area contributed by atoms with Gasteiger partial charge >= 0.3 is 8.25 Å². The van der Waals surface area contributed by atoms with Crippen LogP contribution in [0, 0.1) is 0 Å².